The van der Waals surface area contributed by atoms with Gasteiger partial charge in [-0.15, -0.1) is 0 Å². The van der Waals surface area contributed by atoms with E-state index < -0.39 is 10.0 Å². The second-order valence-electron chi connectivity index (χ2n) is 9.83. The molecule has 0 radical (unpaired) electrons. The Bertz CT molecular complexity index is 1750. The average Bonchev–Trinajstić information content (AvgIpc) is 3.57. The van der Waals surface area contributed by atoms with Crippen LogP contribution in [-0.4, -0.2) is 70.5 Å². The number of para-hydroxylation sites is 1. The van der Waals surface area contributed by atoms with E-state index in [-0.39, 0.29) is 10.8 Å². The SMILES string of the molecule is O=C1C(=Cc2cn(-c3ccccc3)nc2-c2cccc(S(=O)(=O)N3CCOCC3)c2)SC(=S)N1CCc1ccccc1. The molecule has 8 nitrogen and oxygen atoms in total. The van der Waals surface area contributed by atoms with E-state index in [4.69, 9.17) is 22.1 Å². The van der Waals surface area contributed by atoms with E-state index in [0.29, 0.717) is 65.3 Å². The number of carbonyl (C=O) groups excluding carboxylic acids is 1. The van der Waals surface area contributed by atoms with E-state index in [0.717, 1.165) is 11.3 Å². The first-order valence-electron chi connectivity index (χ1n) is 13.5. The van der Waals surface area contributed by atoms with Crippen LogP contribution in [-0.2, 0) is 26.0 Å². The largest absolute Gasteiger partial charge is 0.379 e. The minimum absolute atomic E-state index is 0.150. The Morgan fingerprint density at radius 3 is 2.40 bits per heavy atom. The van der Waals surface area contributed by atoms with E-state index in [1.807, 2.05) is 72.9 Å². The van der Waals surface area contributed by atoms with Crippen molar-refractivity contribution in [3.63, 3.8) is 0 Å². The molecule has 2 aliphatic heterocycles. The van der Waals surface area contributed by atoms with Crippen LogP contribution in [0.5, 0.6) is 0 Å². The fraction of sp³-hybridized carbons (Fsp3) is 0.194. The topological polar surface area (TPSA) is 84.7 Å². The van der Waals surface area contributed by atoms with E-state index >= 15 is 0 Å². The standard InChI is InChI=1S/C31H28N4O4S3/c36-30-28(41-31(40)34(30)15-14-23-8-3-1-4-9-23)21-25-22-35(26-11-5-2-6-12-26)32-29(25)24-10-7-13-27(20-24)42(37,38)33-16-18-39-19-17-33/h1-13,20-22H,14-19H2. The van der Waals surface area contributed by atoms with Crippen LogP contribution in [0.3, 0.4) is 0 Å². The van der Waals surface area contributed by atoms with E-state index in [1.165, 1.54) is 16.1 Å². The summed E-state index contributed by atoms with van der Waals surface area (Å²) in [6.45, 7) is 1.85. The van der Waals surface area contributed by atoms with Gasteiger partial charge in [-0.3, -0.25) is 9.69 Å². The van der Waals surface area contributed by atoms with Gasteiger partial charge in [-0.1, -0.05) is 84.6 Å². The van der Waals surface area contributed by atoms with Crippen LogP contribution in [0.4, 0.5) is 0 Å². The van der Waals surface area contributed by atoms with Gasteiger partial charge < -0.3 is 4.74 Å². The molecule has 3 heterocycles. The number of ether oxygens (including phenoxy) is 1. The van der Waals surface area contributed by atoms with Crippen LogP contribution >= 0.6 is 24.0 Å². The minimum Gasteiger partial charge on any atom is -0.379 e. The summed E-state index contributed by atoms with van der Waals surface area (Å²) >= 11 is 6.84. The molecule has 2 aliphatic rings. The van der Waals surface area contributed by atoms with Crippen LogP contribution in [0.2, 0.25) is 0 Å². The first-order valence-corrected chi connectivity index (χ1v) is 16.2. The molecular formula is C31H28N4O4S3. The van der Waals surface area contributed by atoms with Gasteiger partial charge >= 0.3 is 0 Å². The quantitative estimate of drug-likeness (QED) is 0.203. The Labute approximate surface area is 254 Å². The summed E-state index contributed by atoms with van der Waals surface area (Å²) in [6, 6.07) is 26.4. The molecule has 0 atom stereocenters. The lowest BCUT2D eigenvalue weighted by Gasteiger charge is -2.26. The first kappa shape index (κ1) is 28.5. The molecule has 4 aromatic rings. The molecule has 2 fully saturated rings. The highest BCUT2D eigenvalue weighted by molar-refractivity contribution is 8.26. The van der Waals surface area contributed by atoms with Crippen molar-refractivity contribution < 1.29 is 17.9 Å². The normalized spacial score (nSPS) is 17.3. The Morgan fingerprint density at radius 2 is 1.67 bits per heavy atom. The van der Waals surface area contributed by atoms with Gasteiger partial charge in [-0.2, -0.15) is 9.40 Å². The van der Waals surface area contributed by atoms with Crippen LogP contribution in [0.1, 0.15) is 11.1 Å². The van der Waals surface area contributed by atoms with Gasteiger partial charge in [-0.05, 0) is 42.3 Å². The van der Waals surface area contributed by atoms with Crippen molar-refractivity contribution in [3.8, 4) is 16.9 Å². The van der Waals surface area contributed by atoms with Crippen molar-refractivity contribution in [2.24, 2.45) is 0 Å². The Morgan fingerprint density at radius 1 is 0.952 bits per heavy atom. The zero-order chi connectivity index (χ0) is 29.1. The van der Waals surface area contributed by atoms with E-state index in [2.05, 4.69) is 0 Å². The Kier molecular flexibility index (Phi) is 8.36. The van der Waals surface area contributed by atoms with Crippen molar-refractivity contribution >= 4 is 50.3 Å². The van der Waals surface area contributed by atoms with Crippen LogP contribution in [0, 0.1) is 0 Å². The summed E-state index contributed by atoms with van der Waals surface area (Å²) in [5, 5.41) is 4.84. The highest BCUT2D eigenvalue weighted by Crippen LogP contribution is 2.35. The van der Waals surface area contributed by atoms with Gasteiger partial charge in [0.05, 0.1) is 28.7 Å². The number of nitrogens with zero attached hydrogens (tertiary/aromatic N) is 4. The minimum atomic E-state index is -3.70. The van der Waals surface area contributed by atoms with Gasteiger partial charge in [-0.25, -0.2) is 13.1 Å². The lowest BCUT2D eigenvalue weighted by atomic mass is 10.1. The third-order valence-corrected chi connectivity index (χ3v) is 10.4. The number of rotatable bonds is 8. The number of hydrogen-bond acceptors (Lipinski definition) is 7. The van der Waals surface area contributed by atoms with Crippen LogP contribution in [0.25, 0.3) is 23.0 Å². The summed E-state index contributed by atoms with van der Waals surface area (Å²) in [7, 11) is -3.70. The number of thioether (sulfide) groups is 1. The second kappa shape index (κ2) is 12.3. The molecule has 0 saturated carbocycles. The van der Waals surface area contributed by atoms with Gasteiger partial charge in [0, 0.05) is 37.0 Å². The number of amides is 1. The maximum atomic E-state index is 13.5. The Hall–Kier alpha value is -3.61. The summed E-state index contributed by atoms with van der Waals surface area (Å²) < 4.78 is 35.8. The van der Waals surface area contributed by atoms with Crippen molar-refractivity contribution in [3.05, 3.63) is 107 Å². The van der Waals surface area contributed by atoms with Gasteiger partial charge in [0.2, 0.25) is 10.0 Å². The molecule has 0 N–H and O–H groups in total. The third-order valence-electron chi connectivity index (χ3n) is 7.11. The number of carbonyl (C=O) groups is 1. The maximum Gasteiger partial charge on any atom is 0.266 e. The number of benzene rings is 3. The number of hydrogen-bond donors (Lipinski definition) is 0. The second-order valence-corrected chi connectivity index (χ2v) is 13.4. The zero-order valence-electron chi connectivity index (χ0n) is 22.6. The maximum absolute atomic E-state index is 13.5. The lowest BCUT2D eigenvalue weighted by Crippen LogP contribution is -2.40. The average molecular weight is 617 g/mol. The van der Waals surface area contributed by atoms with Crippen molar-refractivity contribution in [1.29, 1.82) is 0 Å². The zero-order valence-corrected chi connectivity index (χ0v) is 25.1. The third kappa shape index (κ3) is 5.97. The van der Waals surface area contributed by atoms with Crippen LogP contribution < -0.4 is 0 Å². The molecule has 0 aliphatic carbocycles. The predicted octanol–water partition coefficient (Wildman–Crippen LogP) is 5.00. The molecule has 0 spiro atoms. The number of morpholine rings is 1. The highest BCUT2D eigenvalue weighted by Gasteiger charge is 2.32. The summed E-state index contributed by atoms with van der Waals surface area (Å²) in [6.07, 6.45) is 4.35. The molecular weight excluding hydrogens is 589 g/mol. The fourth-order valence-corrected chi connectivity index (χ4v) is 7.64. The molecule has 42 heavy (non-hydrogen) atoms. The van der Waals surface area contributed by atoms with Crippen molar-refractivity contribution in [2.45, 2.75) is 11.3 Å². The van der Waals surface area contributed by atoms with E-state index in [1.54, 1.807) is 33.9 Å². The molecule has 11 heteroatoms. The smallest absolute Gasteiger partial charge is 0.266 e. The lowest BCUT2D eigenvalue weighted by molar-refractivity contribution is -0.122. The van der Waals surface area contributed by atoms with Gasteiger partial charge in [0.25, 0.3) is 5.91 Å². The molecule has 1 amide bonds. The number of aromatic nitrogens is 2. The van der Waals surface area contributed by atoms with Gasteiger partial charge in [0.15, 0.2) is 0 Å². The molecule has 2 saturated heterocycles. The molecule has 3 aromatic carbocycles. The first-order chi connectivity index (χ1) is 20.4. The molecule has 214 valence electrons. The summed E-state index contributed by atoms with van der Waals surface area (Å²) in [5.41, 5.74) is 3.85. The molecule has 6 rings (SSSR count). The number of sulfonamides is 1. The van der Waals surface area contributed by atoms with Crippen LogP contribution in [0.15, 0.2) is 101 Å². The highest BCUT2D eigenvalue weighted by atomic mass is 32.2. The van der Waals surface area contributed by atoms with E-state index in [9.17, 15) is 13.2 Å². The summed E-state index contributed by atoms with van der Waals surface area (Å²) in [4.78, 5) is 15.8. The monoisotopic (exact) mass is 616 g/mol. The number of thiocarbonyl (C=S) groups is 1. The molecule has 0 unspecified atom stereocenters. The fourth-order valence-electron chi connectivity index (χ4n) is 4.89. The molecule has 1 aromatic heterocycles. The van der Waals surface area contributed by atoms with Crippen molar-refractivity contribution in [1.82, 2.24) is 19.0 Å². The van der Waals surface area contributed by atoms with Gasteiger partial charge in [0.1, 0.15) is 10.0 Å². The predicted molar refractivity (Wildman–Crippen MR) is 169 cm³/mol. The molecule has 0 bridgehead atoms. The summed E-state index contributed by atoms with van der Waals surface area (Å²) in [5.74, 6) is -0.150. The Balaban J connectivity index is 1.35. The van der Waals surface area contributed by atoms with Crippen molar-refractivity contribution in [2.75, 3.05) is 32.8 Å².